The van der Waals surface area contributed by atoms with Crippen molar-refractivity contribution in [3.63, 3.8) is 0 Å². The molecule has 0 spiro atoms. The number of benzene rings is 3. The van der Waals surface area contributed by atoms with Crippen molar-refractivity contribution in [3.05, 3.63) is 70.4 Å². The summed E-state index contributed by atoms with van der Waals surface area (Å²) in [6, 6.07) is 14.4. The Morgan fingerprint density at radius 3 is 2.38 bits per heavy atom. The molecule has 2 heteroatoms. The number of aryl methyl sites for hydroxylation is 5. The Hall–Kier alpha value is -3.13. The molecule has 0 amide bonds. The molecule has 0 aliphatic heterocycles. The van der Waals surface area contributed by atoms with Crippen LogP contribution in [-0.2, 0) is 7.05 Å². The predicted molar refractivity (Wildman–Crippen MR) is 145 cm³/mol. The second-order valence-corrected chi connectivity index (χ2v) is 11.0. The Labute approximate surface area is 201 Å². The predicted octanol–water partition coefficient (Wildman–Crippen LogP) is 8.10. The standard InChI is InChI=1S/C32H33N2/c1-18-11-12-24-26(15-18)34-30-20(3)16-19(2)21(4)27(30)31-28-23(13-14-33(31)5)17-25(29(24)32(28)34)22-9-7-6-8-10-22/h11-17,22H,6-10H2,1-5H3/q+1. The van der Waals surface area contributed by atoms with E-state index in [0.29, 0.717) is 5.92 Å². The van der Waals surface area contributed by atoms with Gasteiger partial charge >= 0.3 is 0 Å². The highest BCUT2D eigenvalue weighted by Crippen LogP contribution is 2.47. The average Bonchev–Trinajstić information content (AvgIpc) is 3.17. The SMILES string of the molecule is Cc1ccc2c3c(C4CCCCC4)cc4cc[n+](C)c5c6c(C)c(C)cc(C)c6n(c2c1)c3c45. The van der Waals surface area contributed by atoms with Crippen molar-refractivity contribution in [1.82, 2.24) is 4.40 Å². The zero-order chi connectivity index (χ0) is 23.3. The zero-order valence-electron chi connectivity index (χ0n) is 21.0. The molecule has 0 unspecified atom stereocenters. The second-order valence-electron chi connectivity index (χ2n) is 11.0. The summed E-state index contributed by atoms with van der Waals surface area (Å²) in [5, 5.41) is 7.15. The molecule has 0 bridgehead atoms. The van der Waals surface area contributed by atoms with Crippen LogP contribution in [-0.4, -0.2) is 4.40 Å². The number of hydrogen-bond acceptors (Lipinski definition) is 0. The van der Waals surface area contributed by atoms with Crippen LogP contribution in [0.3, 0.4) is 0 Å². The van der Waals surface area contributed by atoms with E-state index in [0.717, 1.165) is 0 Å². The maximum atomic E-state index is 2.64. The van der Waals surface area contributed by atoms with E-state index in [1.165, 1.54) is 103 Å². The van der Waals surface area contributed by atoms with Gasteiger partial charge in [0, 0.05) is 16.8 Å². The van der Waals surface area contributed by atoms with Gasteiger partial charge in [-0.25, -0.2) is 4.57 Å². The largest absolute Gasteiger partial charge is 0.307 e. The first kappa shape index (κ1) is 20.3. The van der Waals surface area contributed by atoms with Crippen molar-refractivity contribution < 1.29 is 4.57 Å². The molecule has 1 aliphatic carbocycles. The number of rotatable bonds is 1. The van der Waals surface area contributed by atoms with Crippen molar-refractivity contribution in [3.8, 4) is 0 Å². The number of nitrogens with zero attached hydrogens (tertiary/aromatic N) is 2. The van der Waals surface area contributed by atoms with E-state index >= 15 is 0 Å². The number of fused-ring (bicyclic) bond motifs is 6. The van der Waals surface area contributed by atoms with Crippen LogP contribution < -0.4 is 4.57 Å². The van der Waals surface area contributed by atoms with E-state index < -0.39 is 0 Å². The summed E-state index contributed by atoms with van der Waals surface area (Å²) in [6.45, 7) is 9.10. The van der Waals surface area contributed by atoms with Crippen molar-refractivity contribution >= 4 is 49.0 Å². The van der Waals surface area contributed by atoms with E-state index in [-0.39, 0.29) is 0 Å². The van der Waals surface area contributed by atoms with E-state index in [1.807, 2.05) is 0 Å². The maximum absolute atomic E-state index is 2.64. The van der Waals surface area contributed by atoms with Crippen LogP contribution in [0.2, 0.25) is 0 Å². The van der Waals surface area contributed by atoms with Gasteiger partial charge in [0.05, 0.1) is 27.3 Å². The summed E-state index contributed by atoms with van der Waals surface area (Å²) >= 11 is 0. The van der Waals surface area contributed by atoms with Gasteiger partial charge in [0.2, 0.25) is 5.52 Å². The van der Waals surface area contributed by atoms with Gasteiger partial charge in [-0.1, -0.05) is 37.5 Å². The molecule has 2 nitrogen and oxygen atoms in total. The van der Waals surface area contributed by atoms with Crippen molar-refractivity contribution in [2.24, 2.45) is 7.05 Å². The highest BCUT2D eigenvalue weighted by molar-refractivity contribution is 6.28. The van der Waals surface area contributed by atoms with Gasteiger partial charge in [-0.05, 0) is 91.8 Å². The zero-order valence-corrected chi connectivity index (χ0v) is 21.0. The van der Waals surface area contributed by atoms with Crippen LogP contribution in [0.1, 0.15) is 65.8 Å². The molecule has 3 aromatic carbocycles. The minimum Gasteiger partial charge on any atom is -0.307 e. The van der Waals surface area contributed by atoms with Gasteiger partial charge in [0.25, 0.3) is 0 Å². The fourth-order valence-corrected chi connectivity index (χ4v) is 7.12. The Bertz CT molecular complexity index is 1780. The molecule has 1 fully saturated rings. The average molecular weight is 446 g/mol. The minimum absolute atomic E-state index is 0.665. The Morgan fingerprint density at radius 2 is 1.59 bits per heavy atom. The lowest BCUT2D eigenvalue weighted by atomic mass is 9.81. The van der Waals surface area contributed by atoms with Crippen molar-refractivity contribution in [1.29, 1.82) is 0 Å². The molecular formula is C32H33N2+. The van der Waals surface area contributed by atoms with Crippen LogP contribution in [0.15, 0.2) is 42.6 Å². The number of pyridine rings is 2. The summed E-state index contributed by atoms with van der Waals surface area (Å²) in [7, 11) is 2.22. The number of hydrogen-bond donors (Lipinski definition) is 0. The van der Waals surface area contributed by atoms with Gasteiger partial charge in [-0.3, -0.25) is 0 Å². The lowest BCUT2D eigenvalue weighted by Crippen LogP contribution is -2.29. The molecule has 3 aromatic heterocycles. The fourth-order valence-electron chi connectivity index (χ4n) is 7.12. The first-order valence-corrected chi connectivity index (χ1v) is 13.0. The van der Waals surface area contributed by atoms with E-state index in [9.17, 15) is 0 Å². The van der Waals surface area contributed by atoms with Crippen molar-refractivity contribution in [2.75, 3.05) is 0 Å². The van der Waals surface area contributed by atoms with Gasteiger partial charge < -0.3 is 4.40 Å². The first-order chi connectivity index (χ1) is 16.5. The third-order valence-electron chi connectivity index (χ3n) is 8.83. The maximum Gasteiger partial charge on any atom is 0.224 e. The Kier molecular flexibility index (Phi) is 4.14. The third kappa shape index (κ3) is 2.49. The first-order valence-electron chi connectivity index (χ1n) is 13.0. The van der Waals surface area contributed by atoms with Crippen LogP contribution in [0.25, 0.3) is 49.0 Å². The van der Waals surface area contributed by atoms with Gasteiger partial charge in [0.15, 0.2) is 6.20 Å². The summed E-state index contributed by atoms with van der Waals surface area (Å²) in [5.41, 5.74) is 12.6. The molecule has 0 radical (unpaired) electrons. The van der Waals surface area contributed by atoms with Crippen LogP contribution >= 0.6 is 0 Å². The smallest absolute Gasteiger partial charge is 0.224 e. The fraction of sp³-hybridized carbons (Fsp3) is 0.344. The van der Waals surface area contributed by atoms with E-state index in [1.54, 1.807) is 5.56 Å². The van der Waals surface area contributed by atoms with Crippen LogP contribution in [0, 0.1) is 27.7 Å². The molecule has 3 heterocycles. The molecule has 0 atom stereocenters. The van der Waals surface area contributed by atoms with E-state index in [4.69, 9.17) is 0 Å². The lowest BCUT2D eigenvalue weighted by Gasteiger charge is -2.24. The molecule has 34 heavy (non-hydrogen) atoms. The van der Waals surface area contributed by atoms with Crippen LogP contribution in [0.5, 0.6) is 0 Å². The van der Waals surface area contributed by atoms with Gasteiger partial charge in [0.1, 0.15) is 7.05 Å². The Balaban J connectivity index is 1.86. The van der Waals surface area contributed by atoms with E-state index in [2.05, 4.69) is 86.3 Å². The quantitative estimate of drug-likeness (QED) is 0.137. The summed E-state index contributed by atoms with van der Waals surface area (Å²) in [4.78, 5) is 0. The van der Waals surface area contributed by atoms with Crippen LogP contribution in [0.4, 0.5) is 0 Å². The molecule has 0 N–H and O–H groups in total. The summed E-state index contributed by atoms with van der Waals surface area (Å²) in [6.07, 6.45) is 9.02. The molecule has 0 saturated heterocycles. The topological polar surface area (TPSA) is 8.29 Å². The van der Waals surface area contributed by atoms with Gasteiger partial charge in [-0.15, -0.1) is 0 Å². The van der Waals surface area contributed by atoms with Gasteiger partial charge in [-0.2, -0.15) is 0 Å². The third-order valence-corrected chi connectivity index (χ3v) is 8.83. The molecule has 1 saturated carbocycles. The monoisotopic (exact) mass is 445 g/mol. The summed E-state index contributed by atoms with van der Waals surface area (Å²) < 4.78 is 5.00. The Morgan fingerprint density at radius 1 is 0.794 bits per heavy atom. The summed E-state index contributed by atoms with van der Waals surface area (Å²) in [5.74, 6) is 0.665. The van der Waals surface area contributed by atoms with Crippen molar-refractivity contribution in [2.45, 2.75) is 65.7 Å². The second kappa shape index (κ2) is 6.95. The highest BCUT2D eigenvalue weighted by Gasteiger charge is 2.29. The molecular weight excluding hydrogens is 412 g/mol. The molecule has 1 aliphatic rings. The molecule has 170 valence electrons. The minimum atomic E-state index is 0.665. The molecule has 7 rings (SSSR count). The lowest BCUT2D eigenvalue weighted by molar-refractivity contribution is -0.643. The highest BCUT2D eigenvalue weighted by atomic mass is 15.0. The molecule has 6 aromatic rings. The number of aromatic nitrogens is 2. The normalized spacial score (nSPS) is 15.7.